The molecule has 1 aliphatic rings. The molecular weight excluding hydrogens is 276 g/mol. The fourth-order valence-electron chi connectivity index (χ4n) is 2.65. The number of ether oxygens (including phenoxy) is 1. The monoisotopic (exact) mass is 296 g/mol. The molecule has 0 saturated heterocycles. The third-order valence-corrected chi connectivity index (χ3v) is 4.04. The molecule has 1 unspecified atom stereocenters. The van der Waals surface area contributed by atoms with E-state index in [0.717, 1.165) is 24.2 Å². The summed E-state index contributed by atoms with van der Waals surface area (Å²) in [5.74, 6) is 0.679. The lowest BCUT2D eigenvalue weighted by Gasteiger charge is -2.24. The summed E-state index contributed by atoms with van der Waals surface area (Å²) in [6.07, 6.45) is 6.06. The van der Waals surface area contributed by atoms with Gasteiger partial charge < -0.3 is 16.2 Å². The number of halogens is 1. The molecule has 4 N–H and O–H groups in total. The van der Waals surface area contributed by atoms with E-state index < -0.39 is 11.9 Å². The maximum Gasteiger partial charge on any atom is 0.237 e. The summed E-state index contributed by atoms with van der Waals surface area (Å²) in [6.45, 7) is 0.0939. The zero-order chi connectivity index (χ0) is 14.5. The van der Waals surface area contributed by atoms with Gasteiger partial charge in [0.15, 0.2) is 0 Å². The Kier molecular flexibility index (Phi) is 5.26. The highest BCUT2D eigenvalue weighted by Crippen LogP contribution is 2.38. The van der Waals surface area contributed by atoms with Gasteiger partial charge in [-0.1, -0.05) is 30.9 Å². The second-order valence-electron chi connectivity index (χ2n) is 5.34. The van der Waals surface area contributed by atoms with Gasteiger partial charge in [-0.15, -0.1) is 0 Å². The molecule has 1 atom stereocenters. The predicted octanol–water partition coefficient (Wildman–Crippen LogP) is 2.58. The van der Waals surface area contributed by atoms with Gasteiger partial charge >= 0.3 is 0 Å². The van der Waals surface area contributed by atoms with Crippen molar-refractivity contribution in [1.82, 2.24) is 0 Å². The highest BCUT2D eigenvalue weighted by Gasteiger charge is 2.20. The molecular formula is C15H21ClN2O2. The van der Waals surface area contributed by atoms with E-state index in [9.17, 15) is 4.79 Å². The number of hydrogen-bond donors (Lipinski definition) is 2. The van der Waals surface area contributed by atoms with E-state index in [1.807, 2.05) is 12.1 Å². The first-order chi connectivity index (χ1) is 9.58. The third kappa shape index (κ3) is 3.87. The van der Waals surface area contributed by atoms with Crippen molar-refractivity contribution in [2.45, 2.75) is 44.1 Å². The molecule has 20 heavy (non-hydrogen) atoms. The predicted molar refractivity (Wildman–Crippen MR) is 79.9 cm³/mol. The van der Waals surface area contributed by atoms with Crippen molar-refractivity contribution in [1.29, 1.82) is 0 Å². The number of benzene rings is 1. The van der Waals surface area contributed by atoms with E-state index in [1.54, 1.807) is 6.07 Å². The second kappa shape index (κ2) is 6.95. The molecule has 110 valence electrons. The molecule has 1 aromatic rings. The van der Waals surface area contributed by atoms with Crippen LogP contribution in [0.1, 0.15) is 43.6 Å². The molecule has 0 heterocycles. The van der Waals surface area contributed by atoms with E-state index in [4.69, 9.17) is 27.8 Å². The highest BCUT2D eigenvalue weighted by atomic mass is 35.5. The topological polar surface area (TPSA) is 78.3 Å². The molecule has 1 aromatic carbocycles. The zero-order valence-electron chi connectivity index (χ0n) is 11.5. The Balaban J connectivity index is 2.12. The SMILES string of the molecule is NC(=O)C(N)COc1ccc(Cl)cc1C1CCCCC1. The Morgan fingerprint density at radius 2 is 2.05 bits per heavy atom. The number of carbonyl (C=O) groups is 1. The van der Waals surface area contributed by atoms with Crippen LogP contribution in [0.25, 0.3) is 0 Å². The highest BCUT2D eigenvalue weighted by molar-refractivity contribution is 6.30. The van der Waals surface area contributed by atoms with Crippen molar-refractivity contribution < 1.29 is 9.53 Å². The summed E-state index contributed by atoms with van der Waals surface area (Å²) in [5, 5.41) is 0.706. The van der Waals surface area contributed by atoms with E-state index in [0.29, 0.717) is 10.9 Å². The van der Waals surface area contributed by atoms with Crippen LogP contribution >= 0.6 is 11.6 Å². The lowest BCUT2D eigenvalue weighted by atomic mass is 9.84. The fraction of sp³-hybridized carbons (Fsp3) is 0.533. The average Bonchev–Trinajstić information content (AvgIpc) is 2.46. The lowest BCUT2D eigenvalue weighted by Crippen LogP contribution is -2.41. The number of rotatable bonds is 5. The molecule has 1 aliphatic carbocycles. The van der Waals surface area contributed by atoms with Crippen LogP contribution in [0.3, 0.4) is 0 Å². The van der Waals surface area contributed by atoms with Crippen LogP contribution in [0.5, 0.6) is 5.75 Å². The van der Waals surface area contributed by atoms with E-state index in [2.05, 4.69) is 0 Å². The van der Waals surface area contributed by atoms with Crippen LogP contribution in [0.2, 0.25) is 5.02 Å². The number of amides is 1. The summed E-state index contributed by atoms with van der Waals surface area (Å²) in [4.78, 5) is 11.0. The first-order valence-electron chi connectivity index (χ1n) is 7.05. The molecule has 0 bridgehead atoms. The van der Waals surface area contributed by atoms with E-state index in [-0.39, 0.29) is 6.61 Å². The van der Waals surface area contributed by atoms with E-state index >= 15 is 0 Å². The van der Waals surface area contributed by atoms with Crippen LogP contribution < -0.4 is 16.2 Å². The molecule has 0 spiro atoms. The van der Waals surface area contributed by atoms with Crippen molar-refractivity contribution in [2.24, 2.45) is 11.5 Å². The van der Waals surface area contributed by atoms with Gasteiger partial charge in [-0.2, -0.15) is 0 Å². The number of carbonyl (C=O) groups excluding carboxylic acids is 1. The minimum atomic E-state index is -0.787. The molecule has 2 rings (SSSR count). The summed E-state index contributed by atoms with van der Waals surface area (Å²) >= 11 is 6.09. The quantitative estimate of drug-likeness (QED) is 0.876. The van der Waals surface area contributed by atoms with Crippen LogP contribution in [0, 0.1) is 0 Å². The Labute approximate surface area is 124 Å². The van der Waals surface area contributed by atoms with Crippen LogP contribution in [-0.2, 0) is 4.79 Å². The summed E-state index contributed by atoms with van der Waals surface area (Å²) in [6, 6.07) is 4.81. The van der Waals surface area contributed by atoms with Gasteiger partial charge in [0, 0.05) is 5.02 Å². The number of hydrogen-bond acceptors (Lipinski definition) is 3. The maximum absolute atomic E-state index is 11.0. The summed E-state index contributed by atoms with van der Waals surface area (Å²) in [5.41, 5.74) is 11.9. The fourth-order valence-corrected chi connectivity index (χ4v) is 2.83. The standard InChI is InChI=1S/C15H21ClN2O2/c16-11-6-7-14(20-9-13(17)15(18)19)12(8-11)10-4-2-1-3-5-10/h6-8,10,13H,1-5,9,17H2,(H2,18,19). The Hall–Kier alpha value is -1.26. The zero-order valence-corrected chi connectivity index (χ0v) is 12.2. The first kappa shape index (κ1) is 15.1. The number of nitrogens with two attached hydrogens (primary N) is 2. The Morgan fingerprint density at radius 1 is 1.35 bits per heavy atom. The maximum atomic E-state index is 11.0. The van der Waals surface area contributed by atoms with Gasteiger partial charge in [-0.3, -0.25) is 4.79 Å². The lowest BCUT2D eigenvalue weighted by molar-refractivity contribution is -0.119. The summed E-state index contributed by atoms with van der Waals surface area (Å²) < 4.78 is 5.68. The molecule has 0 aromatic heterocycles. The van der Waals surface area contributed by atoms with E-state index in [1.165, 1.54) is 19.3 Å². The largest absolute Gasteiger partial charge is 0.491 e. The molecule has 1 amide bonds. The van der Waals surface area contributed by atoms with Crippen molar-refractivity contribution in [3.8, 4) is 5.75 Å². The Bertz CT molecular complexity index is 473. The normalized spacial score (nSPS) is 17.7. The van der Waals surface area contributed by atoms with Gasteiger partial charge in [0.05, 0.1) is 0 Å². The molecule has 0 aliphatic heterocycles. The molecule has 4 nitrogen and oxygen atoms in total. The first-order valence-corrected chi connectivity index (χ1v) is 7.43. The van der Waals surface area contributed by atoms with Gasteiger partial charge in [-0.05, 0) is 42.5 Å². The average molecular weight is 297 g/mol. The number of primary amides is 1. The van der Waals surface area contributed by atoms with Crippen molar-refractivity contribution in [2.75, 3.05) is 6.61 Å². The molecule has 1 saturated carbocycles. The van der Waals surface area contributed by atoms with Gasteiger partial charge in [0.2, 0.25) is 5.91 Å². The van der Waals surface area contributed by atoms with Gasteiger partial charge in [0.1, 0.15) is 18.4 Å². The minimum Gasteiger partial charge on any atom is -0.491 e. The van der Waals surface area contributed by atoms with Crippen LogP contribution in [0.15, 0.2) is 18.2 Å². The molecule has 5 heteroatoms. The van der Waals surface area contributed by atoms with Gasteiger partial charge in [-0.25, -0.2) is 0 Å². The van der Waals surface area contributed by atoms with Gasteiger partial charge in [0.25, 0.3) is 0 Å². The van der Waals surface area contributed by atoms with Crippen LogP contribution in [0.4, 0.5) is 0 Å². The third-order valence-electron chi connectivity index (χ3n) is 3.80. The second-order valence-corrected chi connectivity index (χ2v) is 5.77. The van der Waals surface area contributed by atoms with Crippen LogP contribution in [-0.4, -0.2) is 18.6 Å². The Morgan fingerprint density at radius 3 is 2.70 bits per heavy atom. The van der Waals surface area contributed by atoms with Crippen molar-refractivity contribution >= 4 is 17.5 Å². The van der Waals surface area contributed by atoms with Crippen molar-refractivity contribution in [3.05, 3.63) is 28.8 Å². The molecule has 1 fully saturated rings. The smallest absolute Gasteiger partial charge is 0.237 e. The van der Waals surface area contributed by atoms with Crippen molar-refractivity contribution in [3.63, 3.8) is 0 Å². The minimum absolute atomic E-state index is 0.0939. The molecule has 0 radical (unpaired) electrons. The summed E-state index contributed by atoms with van der Waals surface area (Å²) in [7, 11) is 0.